The maximum absolute atomic E-state index is 12.6. The van der Waals surface area contributed by atoms with Crippen molar-refractivity contribution >= 4 is 32.2 Å². The lowest BCUT2D eigenvalue weighted by Crippen LogP contribution is -2.16. The molecule has 0 radical (unpaired) electrons. The van der Waals surface area contributed by atoms with E-state index in [1.807, 2.05) is 42.6 Å². The summed E-state index contributed by atoms with van der Waals surface area (Å²) < 4.78 is 25.5. The molecule has 0 aliphatic carbocycles. The molecule has 0 spiro atoms. The van der Waals surface area contributed by atoms with E-state index < -0.39 is 9.84 Å². The number of benzene rings is 1. The summed E-state index contributed by atoms with van der Waals surface area (Å²) in [5, 5.41) is 9.57. The molecule has 1 aliphatic heterocycles. The third-order valence-electron chi connectivity index (χ3n) is 4.43. The van der Waals surface area contributed by atoms with Crippen LogP contribution in [0.25, 0.3) is 11.3 Å². The molecule has 2 aromatic heterocycles. The van der Waals surface area contributed by atoms with Crippen molar-refractivity contribution in [1.82, 2.24) is 14.8 Å². The second-order valence-corrected chi connectivity index (χ2v) is 9.62. The van der Waals surface area contributed by atoms with E-state index in [-0.39, 0.29) is 29.1 Å². The lowest BCUT2D eigenvalue weighted by Gasteiger charge is -2.13. The van der Waals surface area contributed by atoms with Crippen LogP contribution in [0.4, 0.5) is 5.13 Å². The number of sulfone groups is 1. The van der Waals surface area contributed by atoms with Gasteiger partial charge < -0.3 is 0 Å². The van der Waals surface area contributed by atoms with E-state index in [2.05, 4.69) is 15.4 Å². The molecule has 27 heavy (non-hydrogen) atoms. The fourth-order valence-electron chi connectivity index (χ4n) is 3.15. The van der Waals surface area contributed by atoms with Crippen LogP contribution in [0.2, 0.25) is 0 Å². The zero-order valence-electron chi connectivity index (χ0n) is 14.6. The van der Waals surface area contributed by atoms with Gasteiger partial charge in [-0.1, -0.05) is 30.3 Å². The molecule has 1 fully saturated rings. The molecule has 1 unspecified atom stereocenters. The minimum absolute atomic E-state index is 0.0429. The van der Waals surface area contributed by atoms with E-state index in [4.69, 9.17) is 0 Å². The Morgan fingerprint density at radius 3 is 2.70 bits per heavy atom. The van der Waals surface area contributed by atoms with E-state index >= 15 is 0 Å². The van der Waals surface area contributed by atoms with Crippen LogP contribution in [0, 0.1) is 6.92 Å². The SMILES string of the molecule is Cc1csc(NC(=O)c2cc(-c3ccccc3)n(C3CCS(=O)(=O)C3)n2)n1. The molecule has 7 nitrogen and oxygen atoms in total. The fourth-order valence-corrected chi connectivity index (χ4v) is 5.52. The van der Waals surface area contributed by atoms with Crippen molar-refractivity contribution < 1.29 is 13.2 Å². The highest BCUT2D eigenvalue weighted by molar-refractivity contribution is 7.91. The number of carbonyl (C=O) groups is 1. The number of aromatic nitrogens is 3. The van der Waals surface area contributed by atoms with Crippen LogP contribution >= 0.6 is 11.3 Å². The molecule has 1 amide bonds. The molecule has 9 heteroatoms. The molecule has 0 bridgehead atoms. The zero-order chi connectivity index (χ0) is 19.0. The molecule has 0 saturated carbocycles. The summed E-state index contributed by atoms with van der Waals surface area (Å²) in [7, 11) is -3.07. The van der Waals surface area contributed by atoms with Gasteiger partial charge in [-0.05, 0) is 25.0 Å². The van der Waals surface area contributed by atoms with Crippen LogP contribution in [0.5, 0.6) is 0 Å². The predicted molar refractivity (Wildman–Crippen MR) is 105 cm³/mol. The minimum Gasteiger partial charge on any atom is -0.296 e. The van der Waals surface area contributed by atoms with Gasteiger partial charge in [-0.3, -0.25) is 14.8 Å². The van der Waals surface area contributed by atoms with Crippen molar-refractivity contribution in [2.45, 2.75) is 19.4 Å². The number of rotatable bonds is 4. The monoisotopic (exact) mass is 402 g/mol. The van der Waals surface area contributed by atoms with Crippen LogP contribution < -0.4 is 5.32 Å². The standard InChI is InChI=1S/C18H18N4O3S2/c1-12-10-26-18(19-12)20-17(23)15-9-16(13-5-3-2-4-6-13)22(21-15)14-7-8-27(24,25)11-14/h2-6,9-10,14H,7-8,11H2,1H3,(H,19,20,23). The molecule has 3 heterocycles. The average Bonchev–Trinajstić information content (AvgIpc) is 3.34. The first-order chi connectivity index (χ1) is 12.9. The zero-order valence-corrected chi connectivity index (χ0v) is 16.3. The van der Waals surface area contributed by atoms with Crippen molar-refractivity contribution in [3.05, 3.63) is 53.2 Å². The first-order valence-electron chi connectivity index (χ1n) is 8.50. The largest absolute Gasteiger partial charge is 0.296 e. The van der Waals surface area contributed by atoms with E-state index in [1.165, 1.54) is 11.3 Å². The molecule has 1 aromatic carbocycles. The van der Waals surface area contributed by atoms with Crippen LogP contribution in [0.15, 0.2) is 41.8 Å². The molecule has 1 N–H and O–H groups in total. The lowest BCUT2D eigenvalue weighted by molar-refractivity contribution is 0.102. The predicted octanol–water partition coefficient (Wildman–Crippen LogP) is 2.93. The third kappa shape index (κ3) is 3.79. The maximum atomic E-state index is 12.6. The minimum atomic E-state index is -3.07. The summed E-state index contributed by atoms with van der Waals surface area (Å²) in [6, 6.07) is 11.0. The van der Waals surface area contributed by atoms with Gasteiger partial charge in [0.15, 0.2) is 20.7 Å². The Balaban J connectivity index is 1.70. The highest BCUT2D eigenvalue weighted by Gasteiger charge is 2.32. The Hall–Kier alpha value is -2.52. The molecule has 140 valence electrons. The normalized spacial score (nSPS) is 18.5. The van der Waals surface area contributed by atoms with Gasteiger partial charge in [-0.15, -0.1) is 11.3 Å². The van der Waals surface area contributed by atoms with Crippen molar-refractivity contribution in [1.29, 1.82) is 0 Å². The number of nitrogens with zero attached hydrogens (tertiary/aromatic N) is 3. The van der Waals surface area contributed by atoms with Crippen molar-refractivity contribution in [2.75, 3.05) is 16.8 Å². The highest BCUT2D eigenvalue weighted by atomic mass is 32.2. The average molecular weight is 403 g/mol. The van der Waals surface area contributed by atoms with Crippen LogP contribution in [-0.2, 0) is 9.84 Å². The van der Waals surface area contributed by atoms with Crippen LogP contribution in [0.3, 0.4) is 0 Å². The highest BCUT2D eigenvalue weighted by Crippen LogP contribution is 2.30. The Morgan fingerprint density at radius 2 is 2.07 bits per heavy atom. The van der Waals surface area contributed by atoms with Gasteiger partial charge in [0.05, 0.1) is 28.9 Å². The smallest absolute Gasteiger partial charge is 0.277 e. The summed E-state index contributed by atoms with van der Waals surface area (Å²) in [6.45, 7) is 1.86. The number of nitrogens with one attached hydrogen (secondary N) is 1. The van der Waals surface area contributed by atoms with Gasteiger partial charge in [0, 0.05) is 5.38 Å². The Kier molecular flexibility index (Phi) is 4.56. The molecular formula is C18H18N4O3S2. The van der Waals surface area contributed by atoms with Gasteiger partial charge in [0.2, 0.25) is 0 Å². The van der Waals surface area contributed by atoms with E-state index in [0.29, 0.717) is 11.6 Å². The summed E-state index contributed by atoms with van der Waals surface area (Å²) >= 11 is 1.35. The van der Waals surface area contributed by atoms with Gasteiger partial charge in [0.1, 0.15) is 0 Å². The summed E-state index contributed by atoms with van der Waals surface area (Å²) in [6.07, 6.45) is 0.497. The van der Waals surface area contributed by atoms with Gasteiger partial charge in [0.25, 0.3) is 5.91 Å². The number of hydrogen-bond donors (Lipinski definition) is 1. The number of aryl methyl sites for hydroxylation is 1. The summed E-state index contributed by atoms with van der Waals surface area (Å²) in [5.74, 6) is -0.173. The summed E-state index contributed by atoms with van der Waals surface area (Å²) in [5.41, 5.74) is 2.70. The molecular weight excluding hydrogens is 384 g/mol. The number of carbonyl (C=O) groups excluding carboxylic acids is 1. The van der Waals surface area contributed by atoms with Gasteiger partial charge in [-0.25, -0.2) is 13.4 Å². The Labute approximate surface area is 161 Å². The molecule has 3 aromatic rings. The first-order valence-corrected chi connectivity index (χ1v) is 11.2. The fraction of sp³-hybridized carbons (Fsp3) is 0.278. The van der Waals surface area contributed by atoms with E-state index in [1.54, 1.807) is 10.7 Å². The molecule has 1 aliphatic rings. The number of amides is 1. The molecule has 4 rings (SSSR count). The topological polar surface area (TPSA) is 94.0 Å². The van der Waals surface area contributed by atoms with Crippen LogP contribution in [-0.4, -0.2) is 40.6 Å². The second kappa shape index (κ2) is 6.90. The second-order valence-electron chi connectivity index (χ2n) is 6.53. The first kappa shape index (κ1) is 17.9. The maximum Gasteiger partial charge on any atom is 0.277 e. The number of anilines is 1. The van der Waals surface area contributed by atoms with E-state index in [9.17, 15) is 13.2 Å². The van der Waals surface area contributed by atoms with Gasteiger partial charge >= 0.3 is 0 Å². The third-order valence-corrected chi connectivity index (χ3v) is 7.06. The lowest BCUT2D eigenvalue weighted by atomic mass is 10.1. The molecule has 1 saturated heterocycles. The van der Waals surface area contributed by atoms with E-state index in [0.717, 1.165) is 17.0 Å². The van der Waals surface area contributed by atoms with Crippen molar-refractivity contribution in [3.63, 3.8) is 0 Å². The van der Waals surface area contributed by atoms with Gasteiger partial charge in [-0.2, -0.15) is 5.10 Å². The number of hydrogen-bond acceptors (Lipinski definition) is 6. The van der Waals surface area contributed by atoms with Crippen molar-refractivity contribution in [2.24, 2.45) is 0 Å². The van der Waals surface area contributed by atoms with Crippen LogP contribution in [0.1, 0.15) is 28.6 Å². The van der Waals surface area contributed by atoms with Crippen molar-refractivity contribution in [3.8, 4) is 11.3 Å². The Morgan fingerprint density at radius 1 is 1.30 bits per heavy atom. The number of thiazole rings is 1. The Bertz CT molecular complexity index is 1090. The quantitative estimate of drug-likeness (QED) is 0.724. The summed E-state index contributed by atoms with van der Waals surface area (Å²) in [4.78, 5) is 16.9. The molecule has 1 atom stereocenters.